The Morgan fingerprint density at radius 1 is 1.45 bits per heavy atom. The molecule has 2 rings (SSSR count). The molecular weight excluding hydrogens is 250 g/mol. The third-order valence-corrected chi connectivity index (χ3v) is 4.46. The molecule has 2 heterocycles. The maximum absolute atomic E-state index is 10.4. The summed E-state index contributed by atoms with van der Waals surface area (Å²) in [5.74, 6) is 2.55. The molecular formula is C16H27N3O. The van der Waals surface area contributed by atoms with E-state index in [4.69, 9.17) is 0 Å². The third kappa shape index (κ3) is 3.11. The number of aliphatic hydroxyl groups is 1. The van der Waals surface area contributed by atoms with Crippen molar-refractivity contribution in [3.63, 3.8) is 0 Å². The molecule has 0 aliphatic carbocycles. The van der Waals surface area contributed by atoms with Crippen LogP contribution in [0.2, 0.25) is 0 Å². The van der Waals surface area contributed by atoms with Crippen LogP contribution in [0, 0.1) is 12.8 Å². The Balaban J connectivity index is 2.24. The molecule has 0 saturated carbocycles. The van der Waals surface area contributed by atoms with Crippen LogP contribution in [0.4, 0.5) is 5.82 Å². The summed E-state index contributed by atoms with van der Waals surface area (Å²) in [6.07, 6.45) is 1.79. The molecule has 0 unspecified atom stereocenters. The van der Waals surface area contributed by atoms with Crippen LogP contribution in [-0.2, 0) is 0 Å². The van der Waals surface area contributed by atoms with Crippen LogP contribution in [0.3, 0.4) is 0 Å². The maximum atomic E-state index is 10.4. The van der Waals surface area contributed by atoms with Gasteiger partial charge in [-0.05, 0) is 32.6 Å². The number of hydrogen-bond acceptors (Lipinski definition) is 4. The second-order valence-corrected chi connectivity index (χ2v) is 6.51. The highest BCUT2D eigenvalue weighted by Gasteiger charge is 2.36. The van der Waals surface area contributed by atoms with Gasteiger partial charge in [-0.1, -0.05) is 20.8 Å². The zero-order valence-corrected chi connectivity index (χ0v) is 13.3. The summed E-state index contributed by atoms with van der Waals surface area (Å²) in [6.45, 7) is 12.1. The van der Waals surface area contributed by atoms with E-state index in [-0.39, 0.29) is 0 Å². The second-order valence-electron chi connectivity index (χ2n) is 6.51. The Labute approximate surface area is 122 Å². The minimum atomic E-state index is -0.547. The third-order valence-electron chi connectivity index (χ3n) is 4.46. The first-order valence-corrected chi connectivity index (χ1v) is 7.66. The largest absolute Gasteiger partial charge is 0.390 e. The van der Waals surface area contributed by atoms with E-state index in [9.17, 15) is 5.11 Å². The number of hydrogen-bond donors (Lipinski definition) is 1. The lowest BCUT2D eigenvalue weighted by Gasteiger charge is -2.43. The van der Waals surface area contributed by atoms with Crippen molar-refractivity contribution in [1.29, 1.82) is 0 Å². The summed E-state index contributed by atoms with van der Waals surface area (Å²) >= 11 is 0. The molecule has 0 aromatic carbocycles. The monoisotopic (exact) mass is 277 g/mol. The topological polar surface area (TPSA) is 49.2 Å². The van der Waals surface area contributed by atoms with E-state index in [1.165, 1.54) is 0 Å². The van der Waals surface area contributed by atoms with Gasteiger partial charge in [-0.3, -0.25) is 0 Å². The highest BCUT2D eigenvalue weighted by molar-refractivity contribution is 5.41. The molecule has 1 saturated heterocycles. The van der Waals surface area contributed by atoms with E-state index in [0.717, 1.165) is 43.3 Å². The number of anilines is 1. The predicted molar refractivity (Wildman–Crippen MR) is 82.1 cm³/mol. The molecule has 1 aliphatic rings. The van der Waals surface area contributed by atoms with E-state index in [2.05, 4.69) is 41.7 Å². The molecule has 112 valence electrons. The summed E-state index contributed by atoms with van der Waals surface area (Å²) in [4.78, 5) is 11.4. The number of piperidine rings is 1. The van der Waals surface area contributed by atoms with Crippen molar-refractivity contribution in [3.05, 3.63) is 17.6 Å². The second kappa shape index (κ2) is 5.68. The molecule has 4 nitrogen and oxygen atoms in total. The van der Waals surface area contributed by atoms with Crippen LogP contribution in [-0.4, -0.2) is 33.8 Å². The summed E-state index contributed by atoms with van der Waals surface area (Å²) in [6, 6.07) is 2.10. The van der Waals surface area contributed by atoms with Gasteiger partial charge in [0.15, 0.2) is 0 Å². The summed E-state index contributed by atoms with van der Waals surface area (Å²) in [5.41, 5.74) is 0.548. The van der Waals surface area contributed by atoms with Crippen LogP contribution < -0.4 is 4.90 Å². The van der Waals surface area contributed by atoms with Gasteiger partial charge in [0.2, 0.25) is 0 Å². The molecule has 0 amide bonds. The van der Waals surface area contributed by atoms with Gasteiger partial charge in [0.25, 0.3) is 0 Å². The normalized spacial score (nSPS) is 27.1. The Morgan fingerprint density at radius 3 is 2.75 bits per heavy atom. The lowest BCUT2D eigenvalue weighted by atomic mass is 9.81. The van der Waals surface area contributed by atoms with Crippen LogP contribution in [0.1, 0.15) is 58.0 Å². The lowest BCUT2D eigenvalue weighted by molar-refractivity contribution is -0.0183. The standard InChI is InChI=1S/C16H27N3O/c1-6-13-10-19(8-7-16(13,5)20)15-9-14(11(2)3)17-12(4)18-15/h9,11,13,20H,6-8,10H2,1-5H3/t13-,16+/m1/s1. The van der Waals surface area contributed by atoms with E-state index >= 15 is 0 Å². The molecule has 1 aromatic heterocycles. The van der Waals surface area contributed by atoms with Crippen molar-refractivity contribution in [2.75, 3.05) is 18.0 Å². The van der Waals surface area contributed by atoms with Crippen LogP contribution in [0.15, 0.2) is 6.07 Å². The quantitative estimate of drug-likeness (QED) is 0.923. The average Bonchev–Trinajstić information content (AvgIpc) is 2.37. The minimum Gasteiger partial charge on any atom is -0.390 e. The van der Waals surface area contributed by atoms with Gasteiger partial charge >= 0.3 is 0 Å². The number of aryl methyl sites for hydroxylation is 1. The predicted octanol–water partition coefficient (Wildman–Crippen LogP) is 2.90. The van der Waals surface area contributed by atoms with Crippen LogP contribution in [0.5, 0.6) is 0 Å². The molecule has 1 aromatic rings. The van der Waals surface area contributed by atoms with Crippen molar-refractivity contribution in [2.24, 2.45) is 5.92 Å². The fourth-order valence-corrected chi connectivity index (χ4v) is 2.93. The van der Waals surface area contributed by atoms with Crippen molar-refractivity contribution in [2.45, 2.75) is 59.0 Å². The van der Waals surface area contributed by atoms with Crippen molar-refractivity contribution in [1.82, 2.24) is 9.97 Å². The zero-order valence-electron chi connectivity index (χ0n) is 13.3. The molecule has 1 fully saturated rings. The molecule has 20 heavy (non-hydrogen) atoms. The van der Waals surface area contributed by atoms with Gasteiger partial charge in [-0.25, -0.2) is 9.97 Å². The fourth-order valence-electron chi connectivity index (χ4n) is 2.93. The first-order chi connectivity index (χ1) is 9.33. The number of nitrogens with zero attached hydrogens (tertiary/aromatic N) is 3. The van der Waals surface area contributed by atoms with Crippen LogP contribution >= 0.6 is 0 Å². The Morgan fingerprint density at radius 2 is 2.15 bits per heavy atom. The number of aromatic nitrogens is 2. The van der Waals surface area contributed by atoms with Gasteiger partial charge < -0.3 is 10.0 Å². The van der Waals surface area contributed by atoms with Gasteiger partial charge in [-0.15, -0.1) is 0 Å². The smallest absolute Gasteiger partial charge is 0.132 e. The Bertz CT molecular complexity index is 471. The average molecular weight is 277 g/mol. The molecule has 2 atom stereocenters. The molecule has 1 N–H and O–H groups in total. The first-order valence-electron chi connectivity index (χ1n) is 7.66. The summed E-state index contributed by atoms with van der Waals surface area (Å²) in [7, 11) is 0. The van der Waals surface area contributed by atoms with Gasteiger partial charge in [0.05, 0.1) is 5.60 Å². The van der Waals surface area contributed by atoms with Crippen molar-refractivity contribution < 1.29 is 5.11 Å². The minimum absolute atomic E-state index is 0.300. The molecule has 0 bridgehead atoms. The molecule has 1 aliphatic heterocycles. The highest BCUT2D eigenvalue weighted by atomic mass is 16.3. The van der Waals surface area contributed by atoms with E-state index in [0.29, 0.717) is 11.8 Å². The molecule has 0 spiro atoms. The zero-order chi connectivity index (χ0) is 14.9. The van der Waals surface area contributed by atoms with Gasteiger partial charge in [-0.2, -0.15) is 0 Å². The van der Waals surface area contributed by atoms with Crippen molar-refractivity contribution in [3.8, 4) is 0 Å². The van der Waals surface area contributed by atoms with Crippen molar-refractivity contribution >= 4 is 5.82 Å². The number of rotatable bonds is 3. The highest BCUT2D eigenvalue weighted by Crippen LogP contribution is 2.32. The van der Waals surface area contributed by atoms with E-state index in [1.807, 2.05) is 13.8 Å². The first kappa shape index (κ1) is 15.2. The maximum Gasteiger partial charge on any atom is 0.132 e. The summed E-state index contributed by atoms with van der Waals surface area (Å²) < 4.78 is 0. The van der Waals surface area contributed by atoms with Gasteiger partial charge in [0.1, 0.15) is 11.6 Å². The van der Waals surface area contributed by atoms with Gasteiger partial charge in [0, 0.05) is 30.8 Å². The van der Waals surface area contributed by atoms with E-state index < -0.39 is 5.60 Å². The Hall–Kier alpha value is -1.16. The molecule has 0 radical (unpaired) electrons. The lowest BCUT2D eigenvalue weighted by Crippen LogP contribution is -2.50. The Kier molecular flexibility index (Phi) is 4.33. The van der Waals surface area contributed by atoms with E-state index in [1.54, 1.807) is 0 Å². The van der Waals surface area contributed by atoms with Crippen LogP contribution in [0.25, 0.3) is 0 Å². The SMILES string of the molecule is CC[C@@H]1CN(c2cc(C(C)C)nc(C)n2)CC[C@]1(C)O. The fraction of sp³-hybridized carbons (Fsp3) is 0.750. The molecule has 4 heteroatoms. The summed E-state index contributed by atoms with van der Waals surface area (Å²) in [5, 5.41) is 10.4.